The van der Waals surface area contributed by atoms with Crippen LogP contribution < -0.4 is 0 Å². The van der Waals surface area contributed by atoms with E-state index < -0.39 is 15.1 Å². The van der Waals surface area contributed by atoms with Crippen molar-refractivity contribution in [3.8, 4) is 0 Å². The van der Waals surface area contributed by atoms with Crippen LogP contribution in [0.2, 0.25) is 0 Å². The number of sulfone groups is 1. The second-order valence-electron chi connectivity index (χ2n) is 3.14. The number of aliphatic hydroxyl groups excluding tert-OH is 1. The summed E-state index contributed by atoms with van der Waals surface area (Å²) in [6.07, 6.45) is 0. The quantitative estimate of drug-likeness (QED) is 0.818. The van der Waals surface area contributed by atoms with Gasteiger partial charge in [-0.15, -0.1) is 0 Å². The van der Waals surface area contributed by atoms with Gasteiger partial charge in [0.05, 0.1) is 17.6 Å². The third kappa shape index (κ3) is 2.56. The lowest BCUT2D eigenvalue weighted by molar-refractivity contribution is 0.319. The van der Waals surface area contributed by atoms with E-state index in [0.29, 0.717) is 0 Å². The Morgan fingerprint density at radius 3 is 2.36 bits per heavy atom. The summed E-state index contributed by atoms with van der Waals surface area (Å²) in [4.78, 5) is 0. The van der Waals surface area contributed by atoms with Crippen molar-refractivity contribution < 1.29 is 13.5 Å². The first kappa shape index (κ1) is 11.2. The highest BCUT2D eigenvalue weighted by Gasteiger charge is 2.21. The molecule has 0 radical (unpaired) electrons. The van der Waals surface area contributed by atoms with Crippen molar-refractivity contribution in [3.63, 3.8) is 0 Å². The molecule has 3 nitrogen and oxygen atoms in total. The van der Waals surface area contributed by atoms with E-state index in [1.54, 1.807) is 31.2 Å². The second kappa shape index (κ2) is 4.57. The Labute approximate surface area is 84.3 Å². The fourth-order valence-corrected chi connectivity index (χ4v) is 2.42. The first-order chi connectivity index (χ1) is 6.58. The van der Waals surface area contributed by atoms with Gasteiger partial charge in [0.2, 0.25) is 0 Å². The van der Waals surface area contributed by atoms with Crippen molar-refractivity contribution in [2.75, 3.05) is 12.4 Å². The topological polar surface area (TPSA) is 54.4 Å². The molecular weight excluding hydrogens is 200 g/mol. The maximum absolute atomic E-state index is 11.6. The Bertz CT molecular complexity index is 370. The Kier molecular flexibility index (Phi) is 3.66. The molecule has 0 spiro atoms. The van der Waals surface area contributed by atoms with Crippen LogP contribution in [0, 0.1) is 0 Å². The van der Waals surface area contributed by atoms with E-state index in [-0.39, 0.29) is 12.4 Å². The van der Waals surface area contributed by atoms with Gasteiger partial charge in [-0.1, -0.05) is 30.3 Å². The first-order valence-electron chi connectivity index (χ1n) is 4.45. The average molecular weight is 214 g/mol. The van der Waals surface area contributed by atoms with Crippen LogP contribution in [0.5, 0.6) is 0 Å². The highest BCUT2D eigenvalue weighted by molar-refractivity contribution is 7.91. The highest BCUT2D eigenvalue weighted by Crippen LogP contribution is 2.21. The summed E-state index contributed by atoms with van der Waals surface area (Å²) >= 11 is 0. The van der Waals surface area contributed by atoms with Gasteiger partial charge in [-0.05, 0) is 12.5 Å². The molecule has 14 heavy (non-hydrogen) atoms. The van der Waals surface area contributed by atoms with Crippen LogP contribution in [-0.4, -0.2) is 25.9 Å². The Balaban J connectivity index is 2.91. The molecule has 1 atom stereocenters. The summed E-state index contributed by atoms with van der Waals surface area (Å²) in [5, 5.41) is 8.07. The van der Waals surface area contributed by atoms with E-state index in [0.717, 1.165) is 5.56 Å². The minimum atomic E-state index is -3.21. The summed E-state index contributed by atoms with van der Waals surface area (Å²) in [7, 11) is -3.21. The number of rotatable bonds is 4. The fourth-order valence-electron chi connectivity index (χ4n) is 1.24. The van der Waals surface area contributed by atoms with Gasteiger partial charge in [0, 0.05) is 0 Å². The van der Waals surface area contributed by atoms with E-state index in [2.05, 4.69) is 0 Å². The monoisotopic (exact) mass is 214 g/mol. The van der Waals surface area contributed by atoms with Crippen LogP contribution in [0.3, 0.4) is 0 Å². The van der Waals surface area contributed by atoms with Crippen LogP contribution in [0.4, 0.5) is 0 Å². The molecule has 1 aromatic rings. The smallest absolute Gasteiger partial charge is 0.159 e. The van der Waals surface area contributed by atoms with Crippen molar-refractivity contribution in [3.05, 3.63) is 35.9 Å². The standard InChI is InChI=1S/C10H14O3S/c1-9(14(12,13)8-7-11)10-5-3-2-4-6-10/h2-6,9,11H,7-8H2,1H3. The molecule has 0 amide bonds. The average Bonchev–Trinajstić information content (AvgIpc) is 2.18. The lowest BCUT2D eigenvalue weighted by Gasteiger charge is -2.11. The fraction of sp³-hybridized carbons (Fsp3) is 0.400. The zero-order chi connectivity index (χ0) is 10.6. The zero-order valence-corrected chi connectivity index (χ0v) is 8.87. The lowest BCUT2D eigenvalue weighted by Crippen LogP contribution is -2.16. The number of benzene rings is 1. The molecule has 0 bridgehead atoms. The molecule has 1 N–H and O–H groups in total. The summed E-state index contributed by atoms with van der Waals surface area (Å²) in [5.41, 5.74) is 0.765. The van der Waals surface area contributed by atoms with Crippen LogP contribution in [0.1, 0.15) is 17.7 Å². The van der Waals surface area contributed by atoms with E-state index in [4.69, 9.17) is 5.11 Å². The Morgan fingerprint density at radius 2 is 1.86 bits per heavy atom. The predicted octanol–water partition coefficient (Wildman–Crippen LogP) is 1.15. The maximum atomic E-state index is 11.6. The summed E-state index contributed by atoms with van der Waals surface area (Å²) < 4.78 is 23.1. The highest BCUT2D eigenvalue weighted by atomic mass is 32.2. The summed E-state index contributed by atoms with van der Waals surface area (Å²) in [5.74, 6) is -0.178. The second-order valence-corrected chi connectivity index (χ2v) is 5.58. The molecule has 0 aliphatic rings. The van der Waals surface area contributed by atoms with Gasteiger partial charge in [-0.3, -0.25) is 0 Å². The van der Waals surface area contributed by atoms with Gasteiger partial charge in [0.25, 0.3) is 0 Å². The van der Waals surface area contributed by atoms with Crippen LogP contribution in [0.25, 0.3) is 0 Å². The van der Waals surface area contributed by atoms with Gasteiger partial charge < -0.3 is 5.11 Å². The molecule has 0 saturated heterocycles. The summed E-state index contributed by atoms with van der Waals surface area (Å²) in [6, 6.07) is 9.01. The number of hydrogen-bond donors (Lipinski definition) is 1. The van der Waals surface area contributed by atoms with E-state index in [1.807, 2.05) is 6.07 Å². The van der Waals surface area contributed by atoms with Gasteiger partial charge in [-0.25, -0.2) is 8.42 Å². The Hall–Kier alpha value is -0.870. The van der Waals surface area contributed by atoms with Crippen molar-refractivity contribution >= 4 is 9.84 Å². The third-order valence-corrected chi connectivity index (χ3v) is 4.28. The van der Waals surface area contributed by atoms with Crippen molar-refractivity contribution in [1.29, 1.82) is 0 Å². The van der Waals surface area contributed by atoms with Crippen LogP contribution in [-0.2, 0) is 9.84 Å². The maximum Gasteiger partial charge on any atom is 0.159 e. The van der Waals surface area contributed by atoms with Crippen molar-refractivity contribution in [2.24, 2.45) is 0 Å². The summed E-state index contributed by atoms with van der Waals surface area (Å²) in [6.45, 7) is 1.32. The molecule has 0 aromatic heterocycles. The minimum absolute atomic E-state index is 0.178. The molecule has 0 aliphatic carbocycles. The molecule has 1 rings (SSSR count). The van der Waals surface area contributed by atoms with Gasteiger partial charge in [0.1, 0.15) is 0 Å². The molecular formula is C10H14O3S. The van der Waals surface area contributed by atoms with E-state index in [1.165, 1.54) is 0 Å². The molecule has 0 saturated carbocycles. The third-order valence-electron chi connectivity index (χ3n) is 2.18. The van der Waals surface area contributed by atoms with E-state index in [9.17, 15) is 8.42 Å². The van der Waals surface area contributed by atoms with Gasteiger partial charge in [0.15, 0.2) is 9.84 Å². The lowest BCUT2D eigenvalue weighted by atomic mass is 10.2. The number of aliphatic hydroxyl groups is 1. The van der Waals surface area contributed by atoms with Gasteiger partial charge >= 0.3 is 0 Å². The largest absolute Gasteiger partial charge is 0.395 e. The minimum Gasteiger partial charge on any atom is -0.395 e. The normalized spacial score (nSPS) is 13.9. The van der Waals surface area contributed by atoms with Crippen LogP contribution in [0.15, 0.2) is 30.3 Å². The molecule has 0 aliphatic heterocycles. The molecule has 1 unspecified atom stereocenters. The molecule has 1 aromatic carbocycles. The predicted molar refractivity (Wildman–Crippen MR) is 55.7 cm³/mol. The SMILES string of the molecule is CC(c1ccccc1)S(=O)(=O)CCO. The van der Waals surface area contributed by atoms with Crippen molar-refractivity contribution in [1.82, 2.24) is 0 Å². The number of hydrogen-bond acceptors (Lipinski definition) is 3. The van der Waals surface area contributed by atoms with Crippen molar-refractivity contribution in [2.45, 2.75) is 12.2 Å². The molecule has 0 heterocycles. The zero-order valence-electron chi connectivity index (χ0n) is 8.05. The van der Waals surface area contributed by atoms with E-state index >= 15 is 0 Å². The molecule has 0 fully saturated rings. The first-order valence-corrected chi connectivity index (χ1v) is 6.17. The molecule has 4 heteroatoms. The molecule has 78 valence electrons. The van der Waals surface area contributed by atoms with Gasteiger partial charge in [-0.2, -0.15) is 0 Å². The Morgan fingerprint density at radius 1 is 1.29 bits per heavy atom. The van der Waals surface area contributed by atoms with Crippen LogP contribution >= 0.6 is 0 Å².